The predicted octanol–water partition coefficient (Wildman–Crippen LogP) is 5.86. The molecule has 0 bridgehead atoms. The van der Waals surface area contributed by atoms with Crippen LogP contribution in [0.15, 0.2) is 43.0 Å². The van der Waals surface area contributed by atoms with Gasteiger partial charge in [-0.2, -0.15) is 0 Å². The number of rotatable bonds is 4. The Balaban J connectivity index is 2.08. The molecule has 0 fully saturated rings. The van der Waals surface area contributed by atoms with E-state index in [4.69, 9.17) is 4.42 Å². The van der Waals surface area contributed by atoms with Crippen LogP contribution in [0.1, 0.15) is 23.6 Å². The highest BCUT2D eigenvalue weighted by Crippen LogP contribution is 2.39. The van der Waals surface area contributed by atoms with Crippen molar-refractivity contribution in [2.45, 2.75) is 13.0 Å². The number of hydrogen-bond donors (Lipinski definition) is 1. The molecule has 110 valence electrons. The number of thiophene rings is 1. The Morgan fingerprint density at radius 3 is 2.76 bits per heavy atom. The largest absolute Gasteiger partial charge is 0.456 e. The van der Waals surface area contributed by atoms with E-state index in [9.17, 15) is 4.39 Å². The van der Waals surface area contributed by atoms with Crippen LogP contribution in [0.25, 0.3) is 11.0 Å². The Morgan fingerprint density at radius 1 is 1.33 bits per heavy atom. The summed E-state index contributed by atoms with van der Waals surface area (Å²) in [5.41, 5.74) is 0.310. The third kappa shape index (κ3) is 2.95. The highest BCUT2D eigenvalue weighted by molar-refractivity contribution is 9.13. The van der Waals surface area contributed by atoms with Gasteiger partial charge < -0.3 is 9.73 Å². The maximum Gasteiger partial charge on any atom is 0.169 e. The summed E-state index contributed by atoms with van der Waals surface area (Å²) in [7, 11) is 0. The van der Waals surface area contributed by atoms with E-state index in [0.717, 1.165) is 30.8 Å². The second kappa shape index (κ2) is 6.20. The highest BCUT2D eigenvalue weighted by Gasteiger charge is 2.21. The van der Waals surface area contributed by atoms with Crippen molar-refractivity contribution >= 4 is 54.2 Å². The molecule has 2 heterocycles. The van der Waals surface area contributed by atoms with E-state index in [-0.39, 0.29) is 11.9 Å². The minimum absolute atomic E-state index is 0.0885. The van der Waals surface area contributed by atoms with Crippen LogP contribution in [-0.4, -0.2) is 6.54 Å². The Hall–Kier alpha value is -0.690. The number of furan rings is 1. The van der Waals surface area contributed by atoms with Crippen LogP contribution < -0.4 is 5.32 Å². The predicted molar refractivity (Wildman–Crippen MR) is 91.4 cm³/mol. The molecule has 0 amide bonds. The number of fused-ring (bicyclic) bond motifs is 1. The van der Waals surface area contributed by atoms with Crippen molar-refractivity contribution in [3.63, 3.8) is 0 Å². The average molecular weight is 433 g/mol. The van der Waals surface area contributed by atoms with Gasteiger partial charge in [-0.25, -0.2) is 4.39 Å². The minimum Gasteiger partial charge on any atom is -0.456 e. The van der Waals surface area contributed by atoms with Crippen molar-refractivity contribution in [2.24, 2.45) is 0 Å². The van der Waals surface area contributed by atoms with Gasteiger partial charge in [0, 0.05) is 14.7 Å². The first-order chi connectivity index (χ1) is 10.1. The van der Waals surface area contributed by atoms with Crippen LogP contribution in [0.2, 0.25) is 0 Å². The van der Waals surface area contributed by atoms with Gasteiger partial charge in [-0.1, -0.05) is 19.1 Å². The van der Waals surface area contributed by atoms with Crippen LogP contribution in [0, 0.1) is 5.82 Å². The van der Waals surface area contributed by atoms with E-state index in [0.29, 0.717) is 5.58 Å². The molecule has 6 heteroatoms. The summed E-state index contributed by atoms with van der Waals surface area (Å²) in [5.74, 6) is 0.390. The second-order valence-electron chi connectivity index (χ2n) is 4.57. The first-order valence-electron chi connectivity index (χ1n) is 6.46. The van der Waals surface area contributed by atoms with Gasteiger partial charge in [0.15, 0.2) is 11.4 Å². The maximum atomic E-state index is 13.8. The summed E-state index contributed by atoms with van der Waals surface area (Å²) in [6.45, 7) is 2.82. The van der Waals surface area contributed by atoms with Gasteiger partial charge in [-0.15, -0.1) is 11.3 Å². The summed E-state index contributed by atoms with van der Waals surface area (Å²) in [6, 6.07) is 8.82. The van der Waals surface area contributed by atoms with Gasteiger partial charge in [-0.3, -0.25) is 0 Å². The molecular weight excluding hydrogens is 421 g/mol. The smallest absolute Gasteiger partial charge is 0.169 e. The second-order valence-corrected chi connectivity index (χ2v) is 7.82. The molecule has 1 aromatic carbocycles. The lowest BCUT2D eigenvalue weighted by atomic mass is 10.1. The van der Waals surface area contributed by atoms with Crippen molar-refractivity contribution in [2.75, 3.05) is 6.54 Å². The number of benzene rings is 1. The van der Waals surface area contributed by atoms with E-state index in [1.807, 2.05) is 25.1 Å². The molecule has 1 atom stereocenters. The van der Waals surface area contributed by atoms with Crippen LogP contribution >= 0.6 is 43.2 Å². The number of halogens is 3. The zero-order chi connectivity index (χ0) is 15.0. The van der Waals surface area contributed by atoms with Crippen LogP contribution in [-0.2, 0) is 0 Å². The first-order valence-corrected chi connectivity index (χ1v) is 8.86. The Kier molecular flexibility index (Phi) is 4.49. The van der Waals surface area contributed by atoms with Crippen LogP contribution in [0.3, 0.4) is 0 Å². The molecule has 21 heavy (non-hydrogen) atoms. The van der Waals surface area contributed by atoms with E-state index < -0.39 is 0 Å². The molecule has 1 unspecified atom stereocenters. The summed E-state index contributed by atoms with van der Waals surface area (Å²) in [4.78, 5) is 1.11. The van der Waals surface area contributed by atoms with E-state index >= 15 is 0 Å². The molecule has 0 aliphatic carbocycles. The van der Waals surface area contributed by atoms with Crippen molar-refractivity contribution in [3.8, 4) is 0 Å². The summed E-state index contributed by atoms with van der Waals surface area (Å²) < 4.78 is 21.6. The molecule has 3 rings (SSSR count). The van der Waals surface area contributed by atoms with Gasteiger partial charge in [0.1, 0.15) is 11.8 Å². The number of nitrogens with one attached hydrogen (secondary N) is 1. The fourth-order valence-corrected chi connectivity index (χ4v) is 4.41. The first kappa shape index (κ1) is 15.2. The number of hydrogen-bond acceptors (Lipinski definition) is 3. The van der Waals surface area contributed by atoms with E-state index in [1.165, 1.54) is 6.07 Å². The van der Waals surface area contributed by atoms with Gasteiger partial charge in [0.05, 0.1) is 3.79 Å². The van der Waals surface area contributed by atoms with Crippen molar-refractivity contribution < 1.29 is 8.81 Å². The van der Waals surface area contributed by atoms with Gasteiger partial charge in [0.25, 0.3) is 0 Å². The average Bonchev–Trinajstić information content (AvgIpc) is 3.01. The third-order valence-corrected chi connectivity index (χ3v) is 6.48. The van der Waals surface area contributed by atoms with Gasteiger partial charge in [-0.05, 0) is 56.6 Å². The van der Waals surface area contributed by atoms with Crippen molar-refractivity contribution in [1.29, 1.82) is 0 Å². The molecule has 1 N–H and O–H groups in total. The zero-order valence-electron chi connectivity index (χ0n) is 11.1. The summed E-state index contributed by atoms with van der Waals surface area (Å²) >= 11 is 8.63. The molecular formula is C15H12Br2FNOS. The zero-order valence-corrected chi connectivity index (χ0v) is 15.1. The van der Waals surface area contributed by atoms with Crippen molar-refractivity contribution in [3.05, 3.63) is 55.0 Å². The molecule has 2 nitrogen and oxygen atoms in total. The molecule has 0 aliphatic heterocycles. The standard InChI is InChI=1S/C15H12Br2FNOS/c1-2-19-13(12-7-9(16)15(17)21-12)11-6-8-4-3-5-10(18)14(8)20-11/h3-7,13,19H,2H2,1H3. The van der Waals surface area contributed by atoms with Crippen LogP contribution in [0.4, 0.5) is 4.39 Å². The van der Waals surface area contributed by atoms with Gasteiger partial charge >= 0.3 is 0 Å². The van der Waals surface area contributed by atoms with Crippen LogP contribution in [0.5, 0.6) is 0 Å². The Labute approximate surface area is 142 Å². The fourth-order valence-electron chi connectivity index (χ4n) is 2.24. The third-order valence-electron chi connectivity index (χ3n) is 3.16. The molecule has 0 spiro atoms. The number of para-hydroxylation sites is 1. The van der Waals surface area contributed by atoms with E-state index in [2.05, 4.69) is 37.2 Å². The topological polar surface area (TPSA) is 25.2 Å². The molecule has 0 aliphatic rings. The fraction of sp³-hybridized carbons (Fsp3) is 0.200. The Morgan fingerprint density at radius 2 is 2.14 bits per heavy atom. The normalized spacial score (nSPS) is 13.0. The molecule has 0 saturated heterocycles. The minimum atomic E-state index is -0.331. The summed E-state index contributed by atoms with van der Waals surface area (Å²) in [6.07, 6.45) is 0. The molecule has 0 saturated carbocycles. The molecule has 3 aromatic rings. The lowest BCUT2D eigenvalue weighted by Gasteiger charge is -2.13. The quantitative estimate of drug-likeness (QED) is 0.558. The van der Waals surface area contributed by atoms with Gasteiger partial charge in [0.2, 0.25) is 0 Å². The highest BCUT2D eigenvalue weighted by atomic mass is 79.9. The maximum absolute atomic E-state index is 13.8. The Bertz CT molecular complexity index is 764. The lowest BCUT2D eigenvalue weighted by Crippen LogP contribution is -2.20. The summed E-state index contributed by atoms with van der Waals surface area (Å²) in [5, 5.41) is 4.17. The van der Waals surface area contributed by atoms with Crippen molar-refractivity contribution in [1.82, 2.24) is 5.32 Å². The van der Waals surface area contributed by atoms with E-state index in [1.54, 1.807) is 17.4 Å². The molecule has 0 radical (unpaired) electrons. The SMILES string of the molecule is CCNC(c1cc2cccc(F)c2o1)c1cc(Br)c(Br)s1. The molecule has 2 aromatic heterocycles. The monoisotopic (exact) mass is 431 g/mol. The lowest BCUT2D eigenvalue weighted by molar-refractivity contribution is 0.468.